The van der Waals surface area contributed by atoms with Gasteiger partial charge in [-0.15, -0.1) is 11.8 Å². The molecule has 1 aromatic heterocycles. The van der Waals surface area contributed by atoms with Crippen molar-refractivity contribution in [1.29, 1.82) is 0 Å². The lowest BCUT2D eigenvalue weighted by Crippen LogP contribution is -2.53. The molecular weight excluding hydrogens is 708 g/mol. The minimum Gasteiger partial charge on any atom is -0.490 e. The number of aromatic nitrogens is 1. The quantitative estimate of drug-likeness (QED) is 0.0868. The summed E-state index contributed by atoms with van der Waals surface area (Å²) in [5, 5.41) is 50.6. The molecule has 1 aliphatic heterocycles. The van der Waals surface area contributed by atoms with Gasteiger partial charge in [0.2, 0.25) is 5.91 Å². The van der Waals surface area contributed by atoms with Crippen LogP contribution < -0.4 is 4.74 Å². The molecule has 6 rings (SSSR count). The smallest absolute Gasteiger partial charge is 0.222 e. The number of amides is 1. The fraction of sp³-hybridized carbons (Fsp3) is 0.538. The van der Waals surface area contributed by atoms with Crippen LogP contribution >= 0.6 is 23.4 Å². The highest BCUT2D eigenvalue weighted by atomic mass is 35.5. The summed E-state index contributed by atoms with van der Waals surface area (Å²) in [4.78, 5) is 20.5. The standard InChI is InChI=1S/C39H49ClN2O9S/c40-32-10-9-28(52-19-3-6-36(46)42(26-12-17-49-18-13-26)22-33(44)37(47)38(48)34(45)23-43)20-25(32)24-50-39(14-15-39)31-21-41-16-11-29(31)30-4-1-2-5-35(30)51-27-7-8-27/h1-2,4-5,9-11,16,20-21,26-27,33-34,37-38,43-45,47-48H,3,6-8,12-15,17-19,22-24H2/t33-,34+,37+,38+/m0/s1. The van der Waals surface area contributed by atoms with E-state index in [0.717, 1.165) is 58.6 Å². The molecule has 0 unspecified atom stereocenters. The number of hydrogen-bond acceptors (Lipinski definition) is 11. The van der Waals surface area contributed by atoms with Gasteiger partial charge in [-0.1, -0.05) is 29.8 Å². The molecule has 282 valence electrons. The van der Waals surface area contributed by atoms with Crippen LogP contribution in [-0.4, -0.2) is 110 Å². The van der Waals surface area contributed by atoms with Gasteiger partial charge in [-0.3, -0.25) is 9.78 Å². The highest BCUT2D eigenvalue weighted by Crippen LogP contribution is 2.53. The normalized spacial score (nSPS) is 19.4. The van der Waals surface area contributed by atoms with Crippen molar-refractivity contribution in [1.82, 2.24) is 9.88 Å². The van der Waals surface area contributed by atoms with Gasteiger partial charge in [-0.25, -0.2) is 0 Å². The zero-order valence-electron chi connectivity index (χ0n) is 29.2. The zero-order valence-corrected chi connectivity index (χ0v) is 30.8. The second-order valence-corrected chi connectivity index (χ2v) is 15.5. The van der Waals surface area contributed by atoms with Crippen molar-refractivity contribution in [2.45, 2.75) is 105 Å². The highest BCUT2D eigenvalue weighted by Gasteiger charge is 2.48. The Balaban J connectivity index is 1.04. The van der Waals surface area contributed by atoms with Gasteiger partial charge in [-0.05, 0) is 92.2 Å². The third kappa shape index (κ3) is 9.85. The van der Waals surface area contributed by atoms with E-state index < -0.39 is 36.6 Å². The number of aliphatic hydroxyl groups excluding tert-OH is 5. The summed E-state index contributed by atoms with van der Waals surface area (Å²) in [6.45, 7) is 0.303. The fourth-order valence-electron chi connectivity index (χ4n) is 6.60. The van der Waals surface area contributed by atoms with Gasteiger partial charge in [0.25, 0.3) is 0 Å². The van der Waals surface area contributed by atoms with E-state index in [1.807, 2.05) is 54.9 Å². The first kappa shape index (κ1) is 38.9. The number of benzene rings is 2. The van der Waals surface area contributed by atoms with Crippen LogP contribution in [0, 0.1) is 0 Å². The van der Waals surface area contributed by atoms with Gasteiger partial charge < -0.3 is 44.6 Å². The van der Waals surface area contributed by atoms with Crippen LogP contribution in [-0.2, 0) is 26.5 Å². The summed E-state index contributed by atoms with van der Waals surface area (Å²) < 4.78 is 18.4. The predicted molar refractivity (Wildman–Crippen MR) is 197 cm³/mol. The Labute approximate surface area is 313 Å². The van der Waals surface area contributed by atoms with Crippen molar-refractivity contribution in [2.75, 3.05) is 32.1 Å². The van der Waals surface area contributed by atoms with Gasteiger partial charge in [0.15, 0.2) is 0 Å². The maximum Gasteiger partial charge on any atom is 0.222 e. The van der Waals surface area contributed by atoms with E-state index in [0.29, 0.717) is 49.9 Å². The first-order valence-electron chi connectivity index (χ1n) is 18.1. The maximum atomic E-state index is 13.4. The molecule has 2 aliphatic carbocycles. The minimum atomic E-state index is -1.76. The molecule has 13 heteroatoms. The Hall–Kier alpha value is -2.78. The van der Waals surface area contributed by atoms with E-state index in [1.165, 1.54) is 0 Å². The molecule has 2 aromatic carbocycles. The van der Waals surface area contributed by atoms with E-state index >= 15 is 0 Å². The Bertz CT molecular complexity index is 1630. The molecular formula is C39H49ClN2O9S. The van der Waals surface area contributed by atoms with E-state index in [1.54, 1.807) is 16.7 Å². The topological polar surface area (TPSA) is 162 Å². The number of thioether (sulfide) groups is 1. The number of ether oxygens (including phenoxy) is 3. The van der Waals surface area contributed by atoms with Crippen LogP contribution in [0.5, 0.6) is 5.75 Å². The average Bonchev–Trinajstić information content (AvgIpc) is 4.13. The van der Waals surface area contributed by atoms with Crippen molar-refractivity contribution in [2.24, 2.45) is 0 Å². The Morgan fingerprint density at radius 1 is 1.00 bits per heavy atom. The van der Waals surface area contributed by atoms with Crippen molar-refractivity contribution < 1.29 is 44.5 Å². The average molecular weight is 757 g/mol. The van der Waals surface area contributed by atoms with E-state index in [4.69, 9.17) is 30.9 Å². The molecule has 3 fully saturated rings. The first-order valence-corrected chi connectivity index (χ1v) is 19.5. The third-order valence-corrected chi connectivity index (χ3v) is 11.4. The van der Waals surface area contributed by atoms with Crippen LogP contribution in [0.4, 0.5) is 0 Å². The Morgan fingerprint density at radius 3 is 2.48 bits per heavy atom. The van der Waals surface area contributed by atoms with Crippen molar-refractivity contribution >= 4 is 29.3 Å². The summed E-state index contributed by atoms with van der Waals surface area (Å²) in [6, 6.07) is 15.9. The van der Waals surface area contributed by atoms with Crippen molar-refractivity contribution in [3.05, 3.63) is 77.1 Å². The monoisotopic (exact) mass is 756 g/mol. The predicted octanol–water partition coefficient (Wildman–Crippen LogP) is 4.46. The molecule has 11 nitrogen and oxygen atoms in total. The number of carbonyl (C=O) groups is 1. The van der Waals surface area contributed by atoms with Crippen LogP contribution in [0.1, 0.15) is 62.5 Å². The molecule has 0 radical (unpaired) electrons. The summed E-state index contributed by atoms with van der Waals surface area (Å²) >= 11 is 8.27. The molecule has 3 aliphatic rings. The van der Waals surface area contributed by atoms with Crippen LogP contribution in [0.25, 0.3) is 11.1 Å². The number of hydrogen-bond donors (Lipinski definition) is 5. The summed E-state index contributed by atoms with van der Waals surface area (Å²) in [5.41, 5.74) is 3.57. The number of para-hydroxylation sites is 1. The Morgan fingerprint density at radius 2 is 1.75 bits per heavy atom. The number of rotatable bonds is 19. The summed E-state index contributed by atoms with van der Waals surface area (Å²) in [6.07, 6.45) is 3.28. The molecule has 0 spiro atoms. The second kappa shape index (κ2) is 18.0. The van der Waals surface area contributed by atoms with Gasteiger partial charge in [0.1, 0.15) is 30.2 Å². The number of nitrogens with zero attached hydrogens (tertiary/aromatic N) is 2. The molecule has 4 atom stereocenters. The molecule has 2 heterocycles. The largest absolute Gasteiger partial charge is 0.490 e. The SMILES string of the molecule is O=C(CCCSc1ccc(Cl)c(COC2(c3cnccc3-c3ccccc3OC3CC3)CC2)c1)N(C[C@H](O)[C@@H](O)[C@H](O)[C@H](O)CO)C1CCOCC1. The van der Waals surface area contributed by atoms with Gasteiger partial charge >= 0.3 is 0 Å². The van der Waals surface area contributed by atoms with Crippen LogP contribution in [0.15, 0.2) is 65.8 Å². The van der Waals surface area contributed by atoms with E-state index in [9.17, 15) is 25.2 Å². The minimum absolute atomic E-state index is 0.174. The second-order valence-electron chi connectivity index (χ2n) is 13.9. The van der Waals surface area contributed by atoms with Gasteiger partial charge in [-0.2, -0.15) is 0 Å². The van der Waals surface area contributed by atoms with Crippen LogP contribution in [0.2, 0.25) is 5.02 Å². The van der Waals surface area contributed by atoms with Crippen molar-refractivity contribution in [3.8, 4) is 16.9 Å². The van der Waals surface area contributed by atoms with E-state index in [-0.39, 0.29) is 31.0 Å². The fourth-order valence-corrected chi connectivity index (χ4v) is 7.69. The summed E-state index contributed by atoms with van der Waals surface area (Å²) in [5.74, 6) is 1.37. The highest BCUT2D eigenvalue weighted by molar-refractivity contribution is 7.99. The van der Waals surface area contributed by atoms with E-state index in [2.05, 4.69) is 11.1 Å². The Kier molecular flexibility index (Phi) is 13.5. The lowest BCUT2D eigenvalue weighted by molar-refractivity contribution is -0.145. The van der Waals surface area contributed by atoms with Crippen LogP contribution in [0.3, 0.4) is 0 Å². The molecule has 2 saturated carbocycles. The third-order valence-electron chi connectivity index (χ3n) is 10.00. The lowest BCUT2D eigenvalue weighted by atomic mass is 9.96. The molecule has 52 heavy (non-hydrogen) atoms. The number of pyridine rings is 1. The van der Waals surface area contributed by atoms with Crippen molar-refractivity contribution in [3.63, 3.8) is 0 Å². The first-order chi connectivity index (χ1) is 25.2. The zero-order chi connectivity index (χ0) is 36.7. The molecule has 1 amide bonds. The number of carbonyl (C=O) groups excluding carboxylic acids is 1. The molecule has 0 bridgehead atoms. The molecule has 1 saturated heterocycles. The van der Waals surface area contributed by atoms with Gasteiger partial charge in [0.05, 0.1) is 24.9 Å². The molecule has 3 aromatic rings. The van der Waals surface area contributed by atoms with Gasteiger partial charge in [0, 0.05) is 65.7 Å². The number of aliphatic hydroxyl groups is 5. The number of halogens is 1. The summed E-state index contributed by atoms with van der Waals surface area (Å²) in [7, 11) is 0. The lowest BCUT2D eigenvalue weighted by Gasteiger charge is -2.37. The maximum absolute atomic E-state index is 13.4. The molecule has 5 N–H and O–H groups in total.